The molecule has 4 nitrogen and oxygen atoms in total. The molecule has 1 amide bonds. The summed E-state index contributed by atoms with van der Waals surface area (Å²) in [5.41, 5.74) is 1.16. The average molecular weight is 233 g/mol. The van der Waals surface area contributed by atoms with Crippen LogP contribution in [-0.4, -0.2) is 30.0 Å². The van der Waals surface area contributed by atoms with Gasteiger partial charge in [0.25, 0.3) is 0 Å². The number of amides is 1. The largest absolute Gasteiger partial charge is 0.356 e. The van der Waals surface area contributed by atoms with Gasteiger partial charge < -0.3 is 10.6 Å². The van der Waals surface area contributed by atoms with Crippen LogP contribution in [0.25, 0.3) is 0 Å². The molecule has 1 fully saturated rings. The van der Waals surface area contributed by atoms with Crippen molar-refractivity contribution in [3.63, 3.8) is 0 Å². The molecule has 2 N–H and O–H groups in total. The summed E-state index contributed by atoms with van der Waals surface area (Å²) in [6.07, 6.45) is 7.54. The zero-order chi connectivity index (χ0) is 11.9. The van der Waals surface area contributed by atoms with E-state index in [9.17, 15) is 4.79 Å². The van der Waals surface area contributed by atoms with Crippen LogP contribution in [-0.2, 0) is 11.2 Å². The second kappa shape index (κ2) is 6.35. The molecule has 0 aromatic carbocycles. The van der Waals surface area contributed by atoms with Crippen LogP contribution in [0.2, 0.25) is 0 Å². The molecule has 0 bridgehead atoms. The third-order valence-corrected chi connectivity index (χ3v) is 2.82. The molecule has 0 saturated heterocycles. The fourth-order valence-corrected chi connectivity index (χ4v) is 1.66. The van der Waals surface area contributed by atoms with Gasteiger partial charge in [-0.3, -0.25) is 9.78 Å². The van der Waals surface area contributed by atoms with Crippen LogP contribution in [0.1, 0.15) is 24.8 Å². The van der Waals surface area contributed by atoms with Crippen molar-refractivity contribution in [3.8, 4) is 0 Å². The molecule has 1 aliphatic rings. The first-order valence-electron chi connectivity index (χ1n) is 6.23. The summed E-state index contributed by atoms with van der Waals surface area (Å²) in [4.78, 5) is 15.5. The molecule has 0 unspecified atom stereocenters. The molecule has 1 aliphatic carbocycles. The first-order chi connectivity index (χ1) is 8.34. The van der Waals surface area contributed by atoms with Crippen LogP contribution in [0.3, 0.4) is 0 Å². The number of hydrogen-bond donors (Lipinski definition) is 2. The molecular formula is C13H19N3O. The minimum absolute atomic E-state index is 0.127. The lowest BCUT2D eigenvalue weighted by atomic mass is 10.2. The Morgan fingerprint density at radius 1 is 1.41 bits per heavy atom. The van der Waals surface area contributed by atoms with Gasteiger partial charge in [-0.05, 0) is 30.9 Å². The standard InChI is InChI=1S/C13H19N3O/c17-13(6-9-15-12-3-4-12)16-8-5-11-2-1-7-14-10-11/h1-2,7,10,12,15H,3-6,8-9H2,(H,16,17). The maximum atomic E-state index is 11.5. The summed E-state index contributed by atoms with van der Waals surface area (Å²) in [5.74, 6) is 0.127. The van der Waals surface area contributed by atoms with Crippen molar-refractivity contribution in [2.24, 2.45) is 0 Å². The van der Waals surface area contributed by atoms with Gasteiger partial charge in [0.1, 0.15) is 0 Å². The Labute approximate surface area is 102 Å². The Morgan fingerprint density at radius 3 is 3.00 bits per heavy atom. The summed E-state index contributed by atoms with van der Waals surface area (Å²) < 4.78 is 0. The third kappa shape index (κ3) is 4.95. The second-order valence-corrected chi connectivity index (χ2v) is 4.44. The Bertz CT molecular complexity index is 349. The van der Waals surface area contributed by atoms with Gasteiger partial charge >= 0.3 is 0 Å². The minimum Gasteiger partial charge on any atom is -0.356 e. The van der Waals surface area contributed by atoms with Crippen LogP contribution >= 0.6 is 0 Å². The van der Waals surface area contributed by atoms with Crippen molar-refractivity contribution in [2.75, 3.05) is 13.1 Å². The molecule has 1 saturated carbocycles. The van der Waals surface area contributed by atoms with Crippen LogP contribution < -0.4 is 10.6 Å². The Morgan fingerprint density at radius 2 is 2.29 bits per heavy atom. The molecule has 1 aromatic heterocycles. The molecule has 0 aliphatic heterocycles. The van der Waals surface area contributed by atoms with Crippen molar-refractivity contribution in [1.29, 1.82) is 0 Å². The Kier molecular flexibility index (Phi) is 4.50. The highest BCUT2D eigenvalue weighted by Crippen LogP contribution is 2.18. The second-order valence-electron chi connectivity index (χ2n) is 4.44. The lowest BCUT2D eigenvalue weighted by Gasteiger charge is -2.05. The monoisotopic (exact) mass is 233 g/mol. The van der Waals surface area contributed by atoms with E-state index in [0.29, 0.717) is 19.0 Å². The lowest BCUT2D eigenvalue weighted by molar-refractivity contribution is -0.120. The smallest absolute Gasteiger partial charge is 0.221 e. The maximum absolute atomic E-state index is 11.5. The van der Waals surface area contributed by atoms with Crippen LogP contribution in [0.5, 0.6) is 0 Å². The molecular weight excluding hydrogens is 214 g/mol. The summed E-state index contributed by atoms with van der Waals surface area (Å²) >= 11 is 0. The van der Waals surface area contributed by atoms with Gasteiger partial charge in [0.05, 0.1) is 0 Å². The van der Waals surface area contributed by atoms with Gasteiger partial charge in [0, 0.05) is 37.9 Å². The van der Waals surface area contributed by atoms with E-state index in [1.165, 1.54) is 12.8 Å². The number of carbonyl (C=O) groups is 1. The molecule has 0 spiro atoms. The minimum atomic E-state index is 0.127. The fraction of sp³-hybridized carbons (Fsp3) is 0.538. The highest BCUT2D eigenvalue weighted by Gasteiger charge is 2.19. The van der Waals surface area contributed by atoms with E-state index in [2.05, 4.69) is 15.6 Å². The zero-order valence-electron chi connectivity index (χ0n) is 9.98. The molecule has 0 radical (unpaired) electrons. The maximum Gasteiger partial charge on any atom is 0.221 e. The lowest BCUT2D eigenvalue weighted by Crippen LogP contribution is -2.29. The normalized spacial score (nSPS) is 14.6. The van der Waals surface area contributed by atoms with Gasteiger partial charge in [-0.2, -0.15) is 0 Å². The number of nitrogens with one attached hydrogen (secondary N) is 2. The SMILES string of the molecule is O=C(CCNC1CC1)NCCc1cccnc1. The zero-order valence-corrected chi connectivity index (χ0v) is 9.98. The molecule has 92 valence electrons. The van der Waals surface area contributed by atoms with E-state index in [4.69, 9.17) is 0 Å². The number of rotatable bonds is 7. The number of carbonyl (C=O) groups excluding carboxylic acids is 1. The molecule has 1 heterocycles. The molecule has 1 aromatic rings. The number of hydrogen-bond acceptors (Lipinski definition) is 3. The highest BCUT2D eigenvalue weighted by atomic mass is 16.1. The Hall–Kier alpha value is -1.42. The quantitative estimate of drug-likeness (QED) is 0.735. The summed E-state index contributed by atoms with van der Waals surface area (Å²) in [6.45, 7) is 1.48. The molecule has 4 heteroatoms. The van der Waals surface area contributed by atoms with Crippen molar-refractivity contribution in [2.45, 2.75) is 31.7 Å². The molecule has 17 heavy (non-hydrogen) atoms. The van der Waals surface area contributed by atoms with Gasteiger partial charge in [-0.25, -0.2) is 0 Å². The number of nitrogens with zero attached hydrogens (tertiary/aromatic N) is 1. The van der Waals surface area contributed by atoms with Crippen LogP contribution in [0.15, 0.2) is 24.5 Å². The van der Waals surface area contributed by atoms with Crippen molar-refractivity contribution in [1.82, 2.24) is 15.6 Å². The summed E-state index contributed by atoms with van der Waals surface area (Å²) in [7, 11) is 0. The summed E-state index contributed by atoms with van der Waals surface area (Å²) in [5, 5.41) is 6.24. The Balaban J connectivity index is 1.53. The average Bonchev–Trinajstić information content (AvgIpc) is 3.14. The van der Waals surface area contributed by atoms with E-state index < -0.39 is 0 Å². The van der Waals surface area contributed by atoms with Crippen molar-refractivity contribution < 1.29 is 4.79 Å². The molecule has 0 atom stereocenters. The predicted octanol–water partition coefficient (Wildman–Crippen LogP) is 0.882. The van der Waals surface area contributed by atoms with Crippen molar-refractivity contribution >= 4 is 5.91 Å². The van der Waals surface area contributed by atoms with E-state index >= 15 is 0 Å². The van der Waals surface area contributed by atoms with E-state index in [1.807, 2.05) is 18.3 Å². The van der Waals surface area contributed by atoms with Crippen molar-refractivity contribution in [3.05, 3.63) is 30.1 Å². The van der Waals surface area contributed by atoms with E-state index in [0.717, 1.165) is 18.5 Å². The van der Waals surface area contributed by atoms with Crippen LogP contribution in [0.4, 0.5) is 0 Å². The summed E-state index contributed by atoms with van der Waals surface area (Å²) in [6, 6.07) is 4.61. The van der Waals surface area contributed by atoms with Gasteiger partial charge in [0.15, 0.2) is 0 Å². The fourth-order valence-electron chi connectivity index (χ4n) is 1.66. The van der Waals surface area contributed by atoms with Gasteiger partial charge in [-0.1, -0.05) is 6.07 Å². The third-order valence-electron chi connectivity index (χ3n) is 2.82. The first-order valence-corrected chi connectivity index (χ1v) is 6.23. The predicted molar refractivity (Wildman–Crippen MR) is 66.6 cm³/mol. The highest BCUT2D eigenvalue weighted by molar-refractivity contribution is 5.76. The van der Waals surface area contributed by atoms with Crippen LogP contribution in [0, 0.1) is 0 Å². The molecule has 2 rings (SSSR count). The number of pyridine rings is 1. The van der Waals surface area contributed by atoms with Gasteiger partial charge in [-0.15, -0.1) is 0 Å². The van der Waals surface area contributed by atoms with E-state index in [1.54, 1.807) is 6.20 Å². The topological polar surface area (TPSA) is 54.0 Å². The number of aromatic nitrogens is 1. The first kappa shape index (κ1) is 12.0. The van der Waals surface area contributed by atoms with E-state index in [-0.39, 0.29) is 5.91 Å². The van der Waals surface area contributed by atoms with Gasteiger partial charge in [0.2, 0.25) is 5.91 Å².